The topological polar surface area (TPSA) is 126 Å². The molecule has 1 unspecified atom stereocenters. The molecule has 1 saturated carbocycles. The minimum absolute atomic E-state index is 0.0326. The molecule has 0 bridgehead atoms. The molecule has 10 heteroatoms. The number of nitrogens with zero attached hydrogens (tertiary/aromatic N) is 3. The predicted octanol–water partition coefficient (Wildman–Crippen LogP) is 5.29. The van der Waals surface area contributed by atoms with Gasteiger partial charge in [-0.1, -0.05) is 36.2 Å². The van der Waals surface area contributed by atoms with Crippen LogP contribution >= 0.6 is 11.6 Å². The average Bonchev–Trinajstić information content (AvgIpc) is 3.29. The largest absolute Gasteiger partial charge is 0.399 e. The number of halogens is 1. The van der Waals surface area contributed by atoms with Crippen LogP contribution in [0.4, 0.5) is 11.6 Å². The highest BCUT2D eigenvalue weighted by Gasteiger charge is 2.23. The first-order chi connectivity index (χ1) is 16.9. The van der Waals surface area contributed by atoms with Crippen LogP contribution in [0.2, 0.25) is 5.02 Å². The zero-order valence-electron chi connectivity index (χ0n) is 18.9. The zero-order valence-corrected chi connectivity index (χ0v) is 20.4. The van der Waals surface area contributed by atoms with Gasteiger partial charge in [0.1, 0.15) is 0 Å². The second-order valence-corrected chi connectivity index (χ2v) is 10.7. The van der Waals surface area contributed by atoms with Crippen LogP contribution in [-0.2, 0) is 10.0 Å². The van der Waals surface area contributed by atoms with E-state index in [-0.39, 0.29) is 16.9 Å². The number of anilines is 2. The van der Waals surface area contributed by atoms with E-state index in [0.717, 1.165) is 42.1 Å². The Labute approximate surface area is 208 Å². The lowest BCUT2D eigenvalue weighted by molar-refractivity contribution is 0.410. The third kappa shape index (κ3) is 5.16. The zero-order chi connectivity index (χ0) is 24.4. The number of fused-ring (bicyclic) bond motifs is 1. The van der Waals surface area contributed by atoms with Crippen molar-refractivity contribution in [2.75, 3.05) is 11.1 Å². The highest BCUT2D eigenvalue weighted by Crippen LogP contribution is 2.33. The van der Waals surface area contributed by atoms with Crippen molar-refractivity contribution in [1.29, 1.82) is 0 Å². The third-order valence-corrected chi connectivity index (χ3v) is 7.77. The molecule has 1 aliphatic carbocycles. The van der Waals surface area contributed by atoms with E-state index in [9.17, 15) is 8.42 Å². The van der Waals surface area contributed by atoms with Crippen LogP contribution < -0.4 is 11.1 Å². The molecule has 0 spiro atoms. The Morgan fingerprint density at radius 1 is 1.14 bits per heavy atom. The number of nitrogen functional groups attached to an aromatic ring is 1. The molecular weight excluding hydrogens is 484 g/mol. The molecule has 0 amide bonds. The minimum atomic E-state index is -3.76. The van der Waals surface area contributed by atoms with Crippen LogP contribution in [0.25, 0.3) is 22.2 Å². The normalized spacial score (nSPS) is 18.8. The van der Waals surface area contributed by atoms with Crippen LogP contribution in [-0.4, -0.2) is 35.6 Å². The Hall–Kier alpha value is -3.43. The first-order valence-corrected chi connectivity index (χ1v) is 13.2. The SMILES string of the molecule is Nc1ccc(S(=O)(=O)/N=C/C2CCC[C@@H](Nc3ncc(Cl)c(-c4c[nH]c5ccccc45)n3)C2)cc1. The molecule has 180 valence electrons. The van der Waals surface area contributed by atoms with E-state index in [1.165, 1.54) is 12.1 Å². The summed E-state index contributed by atoms with van der Waals surface area (Å²) in [6.07, 6.45) is 8.55. The first-order valence-electron chi connectivity index (χ1n) is 11.4. The van der Waals surface area contributed by atoms with Gasteiger partial charge in [-0.2, -0.15) is 12.8 Å². The lowest BCUT2D eigenvalue weighted by Gasteiger charge is -2.27. The van der Waals surface area contributed by atoms with Crippen molar-refractivity contribution in [3.8, 4) is 11.3 Å². The van der Waals surface area contributed by atoms with Crippen LogP contribution in [0.3, 0.4) is 0 Å². The maximum absolute atomic E-state index is 12.5. The summed E-state index contributed by atoms with van der Waals surface area (Å²) in [4.78, 5) is 12.5. The smallest absolute Gasteiger partial charge is 0.281 e. The van der Waals surface area contributed by atoms with E-state index in [1.807, 2.05) is 30.5 Å². The molecule has 2 heterocycles. The number of benzene rings is 2. The molecule has 2 atom stereocenters. The Balaban J connectivity index is 1.30. The van der Waals surface area contributed by atoms with E-state index in [0.29, 0.717) is 22.4 Å². The van der Waals surface area contributed by atoms with E-state index in [4.69, 9.17) is 22.3 Å². The van der Waals surface area contributed by atoms with Gasteiger partial charge >= 0.3 is 0 Å². The summed E-state index contributed by atoms with van der Waals surface area (Å²) in [7, 11) is -3.76. The summed E-state index contributed by atoms with van der Waals surface area (Å²) in [5, 5.41) is 4.92. The molecule has 4 aromatic rings. The van der Waals surface area contributed by atoms with Gasteiger partial charge in [-0.3, -0.25) is 0 Å². The number of H-pyrrole nitrogens is 1. The number of nitrogens with two attached hydrogens (primary N) is 1. The van der Waals surface area contributed by atoms with Crippen molar-refractivity contribution in [2.45, 2.75) is 36.6 Å². The highest BCUT2D eigenvalue weighted by atomic mass is 35.5. The third-order valence-electron chi connectivity index (χ3n) is 6.22. The van der Waals surface area contributed by atoms with Crippen molar-refractivity contribution in [2.24, 2.45) is 10.3 Å². The fraction of sp³-hybridized carbons (Fsp3) is 0.240. The molecule has 1 aliphatic rings. The lowest BCUT2D eigenvalue weighted by Crippen LogP contribution is -2.29. The number of rotatable bonds is 6. The van der Waals surface area contributed by atoms with Gasteiger partial charge in [0.2, 0.25) is 5.95 Å². The summed E-state index contributed by atoms with van der Waals surface area (Å²) in [6, 6.07) is 14.1. The van der Waals surface area contributed by atoms with Crippen LogP contribution in [0.1, 0.15) is 25.7 Å². The van der Waals surface area contributed by atoms with Gasteiger partial charge in [-0.05, 0) is 55.5 Å². The van der Waals surface area contributed by atoms with Gasteiger partial charge in [0.05, 0.1) is 21.8 Å². The van der Waals surface area contributed by atoms with Crippen LogP contribution in [0, 0.1) is 5.92 Å². The monoisotopic (exact) mass is 508 g/mol. The number of nitrogens with one attached hydrogen (secondary N) is 2. The van der Waals surface area contributed by atoms with E-state index >= 15 is 0 Å². The quantitative estimate of drug-likeness (QED) is 0.240. The summed E-state index contributed by atoms with van der Waals surface area (Å²) in [5.74, 6) is 0.525. The number of para-hydroxylation sites is 1. The Bertz CT molecular complexity index is 1480. The van der Waals surface area contributed by atoms with Gasteiger partial charge in [0, 0.05) is 40.6 Å². The number of hydrogen-bond donors (Lipinski definition) is 3. The van der Waals surface area contributed by atoms with Gasteiger partial charge in [0.15, 0.2) is 0 Å². The minimum Gasteiger partial charge on any atom is -0.399 e. The molecule has 1 fully saturated rings. The van der Waals surface area contributed by atoms with Crippen molar-refractivity contribution in [3.63, 3.8) is 0 Å². The molecule has 8 nitrogen and oxygen atoms in total. The fourth-order valence-corrected chi connectivity index (χ4v) is 5.56. The number of aromatic nitrogens is 3. The number of aromatic amines is 1. The van der Waals surface area contributed by atoms with Crippen molar-refractivity contribution < 1.29 is 8.42 Å². The van der Waals surface area contributed by atoms with Gasteiger partial charge in [-0.15, -0.1) is 0 Å². The molecule has 0 aliphatic heterocycles. The molecule has 5 rings (SSSR count). The van der Waals surface area contributed by atoms with E-state index in [1.54, 1.807) is 24.5 Å². The van der Waals surface area contributed by atoms with E-state index < -0.39 is 10.0 Å². The summed E-state index contributed by atoms with van der Waals surface area (Å²) in [6.45, 7) is 0. The summed E-state index contributed by atoms with van der Waals surface area (Å²) in [5.41, 5.74) is 8.74. The van der Waals surface area contributed by atoms with Crippen molar-refractivity contribution in [3.05, 3.63) is 65.9 Å². The van der Waals surface area contributed by atoms with Gasteiger partial charge in [-0.25, -0.2) is 9.97 Å². The summed E-state index contributed by atoms with van der Waals surface area (Å²) >= 11 is 6.45. The van der Waals surface area contributed by atoms with Crippen molar-refractivity contribution in [1.82, 2.24) is 15.0 Å². The molecule has 0 radical (unpaired) electrons. The first kappa shape index (κ1) is 23.3. The Morgan fingerprint density at radius 3 is 2.77 bits per heavy atom. The molecule has 0 saturated heterocycles. The Morgan fingerprint density at radius 2 is 1.94 bits per heavy atom. The van der Waals surface area contributed by atoms with Gasteiger partial charge in [0.25, 0.3) is 10.0 Å². The van der Waals surface area contributed by atoms with Gasteiger partial charge < -0.3 is 16.0 Å². The number of hydrogen-bond acceptors (Lipinski definition) is 6. The second-order valence-electron chi connectivity index (χ2n) is 8.70. The Kier molecular flexibility index (Phi) is 6.44. The number of sulfonamides is 1. The molecule has 2 aromatic carbocycles. The van der Waals surface area contributed by atoms with E-state index in [2.05, 4.69) is 19.7 Å². The lowest BCUT2D eigenvalue weighted by atomic mass is 9.86. The molecule has 2 aromatic heterocycles. The predicted molar refractivity (Wildman–Crippen MR) is 140 cm³/mol. The second kappa shape index (κ2) is 9.67. The van der Waals surface area contributed by atoms with Crippen LogP contribution in [0.5, 0.6) is 0 Å². The molecule has 35 heavy (non-hydrogen) atoms. The standard InChI is InChI=1S/C25H25ClN6O2S/c26-22-15-29-25(32-24(22)21-14-28-23-7-2-1-6-20(21)23)31-18-5-3-4-16(12-18)13-30-35(33,34)19-10-8-17(27)9-11-19/h1-2,6-11,13-16,18,28H,3-5,12,27H2,(H,29,31,32)/b30-13+/t16?,18-/m1/s1. The maximum atomic E-state index is 12.5. The molecule has 4 N–H and O–H groups in total. The maximum Gasteiger partial charge on any atom is 0.281 e. The molecular formula is C25H25ClN6O2S. The van der Waals surface area contributed by atoms with Crippen molar-refractivity contribution >= 4 is 50.4 Å². The average molecular weight is 509 g/mol. The highest BCUT2D eigenvalue weighted by molar-refractivity contribution is 7.90. The van der Waals surface area contributed by atoms with Crippen LogP contribution in [0.15, 0.2) is 70.2 Å². The fourth-order valence-electron chi connectivity index (χ4n) is 4.44. The summed E-state index contributed by atoms with van der Waals surface area (Å²) < 4.78 is 29.0.